The number of nitrogens with one attached hydrogen (secondary N) is 2. The lowest BCUT2D eigenvalue weighted by atomic mass is 9.87. The van der Waals surface area contributed by atoms with Crippen molar-refractivity contribution in [1.82, 2.24) is 10.6 Å². The molecule has 0 saturated heterocycles. The largest absolute Gasteiger partial charge is 0.347 e. The minimum absolute atomic E-state index is 0.0130. The molecule has 0 fully saturated rings. The molecule has 2 aromatic rings. The van der Waals surface area contributed by atoms with Crippen molar-refractivity contribution >= 4 is 23.4 Å². The van der Waals surface area contributed by atoms with E-state index in [1.807, 2.05) is 26.0 Å². The van der Waals surface area contributed by atoms with E-state index in [1.54, 1.807) is 24.3 Å². The van der Waals surface area contributed by atoms with E-state index >= 15 is 0 Å². The first kappa shape index (κ1) is 19.4. The van der Waals surface area contributed by atoms with Gasteiger partial charge in [-0.15, -0.1) is 0 Å². The third-order valence-corrected chi connectivity index (χ3v) is 5.37. The highest BCUT2D eigenvalue weighted by Crippen LogP contribution is 2.29. The van der Waals surface area contributed by atoms with Crippen molar-refractivity contribution in [1.29, 1.82) is 0 Å². The molecule has 1 aliphatic rings. The number of benzene rings is 2. The summed E-state index contributed by atoms with van der Waals surface area (Å²) in [6.07, 6.45) is 2.99. The van der Waals surface area contributed by atoms with Crippen LogP contribution < -0.4 is 10.6 Å². The summed E-state index contributed by atoms with van der Waals surface area (Å²) in [6.45, 7) is 3.85. The van der Waals surface area contributed by atoms with Gasteiger partial charge in [0.15, 0.2) is 0 Å². The summed E-state index contributed by atoms with van der Waals surface area (Å²) in [5.41, 5.74) is 2.84. The summed E-state index contributed by atoms with van der Waals surface area (Å²) >= 11 is 6.11. The van der Waals surface area contributed by atoms with Gasteiger partial charge in [0, 0.05) is 0 Å². The van der Waals surface area contributed by atoms with Crippen LogP contribution >= 0.6 is 11.6 Å². The molecule has 0 saturated carbocycles. The fourth-order valence-corrected chi connectivity index (χ4v) is 3.79. The van der Waals surface area contributed by atoms with Gasteiger partial charge in [-0.25, -0.2) is 0 Å². The summed E-state index contributed by atoms with van der Waals surface area (Å²) in [5, 5.41) is 6.37. The predicted molar refractivity (Wildman–Crippen MR) is 108 cm³/mol. The Bertz CT molecular complexity index is 835. The van der Waals surface area contributed by atoms with Crippen LogP contribution in [0.1, 0.15) is 54.2 Å². The molecule has 142 valence electrons. The molecule has 0 heterocycles. The zero-order valence-corrected chi connectivity index (χ0v) is 16.4. The number of rotatable bonds is 5. The maximum atomic E-state index is 13.0. The summed E-state index contributed by atoms with van der Waals surface area (Å²) in [7, 11) is 0. The van der Waals surface area contributed by atoms with Crippen molar-refractivity contribution in [2.24, 2.45) is 5.92 Å². The molecule has 2 aromatic carbocycles. The van der Waals surface area contributed by atoms with Gasteiger partial charge in [0.25, 0.3) is 5.91 Å². The molecule has 2 atom stereocenters. The molecule has 3 rings (SSSR count). The number of fused-ring (bicyclic) bond motifs is 1. The summed E-state index contributed by atoms with van der Waals surface area (Å²) in [4.78, 5) is 25.6. The van der Waals surface area contributed by atoms with Gasteiger partial charge in [0.05, 0.1) is 16.6 Å². The Balaban J connectivity index is 1.73. The van der Waals surface area contributed by atoms with Gasteiger partial charge in [0.2, 0.25) is 5.91 Å². The van der Waals surface area contributed by atoms with Crippen LogP contribution in [0.4, 0.5) is 0 Å². The fraction of sp³-hybridized carbons (Fsp3) is 0.364. The molecule has 0 spiro atoms. The lowest BCUT2D eigenvalue weighted by molar-refractivity contribution is -0.124. The van der Waals surface area contributed by atoms with Gasteiger partial charge in [-0.3, -0.25) is 9.59 Å². The van der Waals surface area contributed by atoms with Crippen molar-refractivity contribution in [3.8, 4) is 0 Å². The Morgan fingerprint density at radius 2 is 1.78 bits per heavy atom. The average molecular weight is 385 g/mol. The van der Waals surface area contributed by atoms with E-state index in [1.165, 1.54) is 11.1 Å². The first-order valence-electron chi connectivity index (χ1n) is 9.41. The topological polar surface area (TPSA) is 58.2 Å². The van der Waals surface area contributed by atoms with E-state index in [0.29, 0.717) is 10.6 Å². The molecule has 0 radical (unpaired) electrons. The molecule has 0 aliphatic heterocycles. The Morgan fingerprint density at radius 3 is 2.52 bits per heavy atom. The van der Waals surface area contributed by atoms with Crippen molar-refractivity contribution in [2.45, 2.75) is 45.2 Å². The summed E-state index contributed by atoms with van der Waals surface area (Å²) in [6, 6.07) is 14.4. The average Bonchev–Trinajstić information content (AvgIpc) is 2.66. The Labute approximate surface area is 165 Å². The van der Waals surface area contributed by atoms with Crippen LogP contribution in [0.3, 0.4) is 0 Å². The Hall–Kier alpha value is -2.33. The molecule has 1 aliphatic carbocycles. The van der Waals surface area contributed by atoms with Crippen LogP contribution in [0.2, 0.25) is 5.02 Å². The minimum Gasteiger partial charge on any atom is -0.347 e. The number of hydrogen-bond acceptors (Lipinski definition) is 2. The molecule has 0 bridgehead atoms. The second-order valence-electron chi connectivity index (χ2n) is 7.33. The number of carbonyl (C=O) groups is 2. The summed E-state index contributed by atoms with van der Waals surface area (Å²) < 4.78 is 0. The number of amides is 2. The number of carbonyl (C=O) groups excluding carboxylic acids is 2. The lowest BCUT2D eigenvalue weighted by Gasteiger charge is -2.29. The van der Waals surface area contributed by atoms with E-state index in [-0.39, 0.29) is 23.8 Å². The zero-order chi connectivity index (χ0) is 19.4. The molecule has 2 amide bonds. The normalized spacial score (nSPS) is 17.1. The number of aryl methyl sites for hydroxylation is 1. The van der Waals surface area contributed by atoms with Crippen LogP contribution in [0.25, 0.3) is 0 Å². The van der Waals surface area contributed by atoms with Crippen LogP contribution in [-0.2, 0) is 11.2 Å². The first-order valence-corrected chi connectivity index (χ1v) is 9.78. The van der Waals surface area contributed by atoms with E-state index in [9.17, 15) is 9.59 Å². The fourth-order valence-electron chi connectivity index (χ4n) is 3.56. The maximum absolute atomic E-state index is 13.0. The highest BCUT2D eigenvalue weighted by molar-refractivity contribution is 6.33. The van der Waals surface area contributed by atoms with Crippen LogP contribution in [0.15, 0.2) is 48.5 Å². The van der Waals surface area contributed by atoms with Crippen LogP contribution in [-0.4, -0.2) is 17.9 Å². The molecule has 5 heteroatoms. The molecule has 0 aromatic heterocycles. The maximum Gasteiger partial charge on any atom is 0.253 e. The third kappa shape index (κ3) is 4.51. The SMILES string of the molecule is CC(C)[C@H](NC(=O)c1ccccc1Cl)C(=O)N[C@@H]1CCCc2ccccc21. The van der Waals surface area contributed by atoms with Crippen LogP contribution in [0, 0.1) is 5.92 Å². The minimum atomic E-state index is -0.622. The van der Waals surface area contributed by atoms with Gasteiger partial charge in [0.1, 0.15) is 6.04 Å². The van der Waals surface area contributed by atoms with Gasteiger partial charge < -0.3 is 10.6 Å². The van der Waals surface area contributed by atoms with Crippen molar-refractivity contribution in [3.05, 3.63) is 70.2 Å². The van der Waals surface area contributed by atoms with E-state index in [2.05, 4.69) is 22.8 Å². The third-order valence-electron chi connectivity index (χ3n) is 5.04. The molecular formula is C22H25ClN2O2. The monoisotopic (exact) mass is 384 g/mol. The van der Waals surface area contributed by atoms with Gasteiger partial charge in [-0.1, -0.05) is 61.8 Å². The van der Waals surface area contributed by atoms with Gasteiger partial charge in [-0.2, -0.15) is 0 Å². The molecular weight excluding hydrogens is 360 g/mol. The second kappa shape index (κ2) is 8.57. The zero-order valence-electron chi connectivity index (χ0n) is 15.7. The Kier molecular flexibility index (Phi) is 6.17. The molecule has 2 N–H and O–H groups in total. The van der Waals surface area contributed by atoms with Gasteiger partial charge >= 0.3 is 0 Å². The Morgan fingerprint density at radius 1 is 1.07 bits per heavy atom. The number of hydrogen-bond donors (Lipinski definition) is 2. The highest BCUT2D eigenvalue weighted by Gasteiger charge is 2.29. The summed E-state index contributed by atoms with van der Waals surface area (Å²) in [5.74, 6) is -0.541. The highest BCUT2D eigenvalue weighted by atomic mass is 35.5. The predicted octanol–water partition coefficient (Wildman–Crippen LogP) is 4.29. The van der Waals surface area contributed by atoms with Crippen LogP contribution in [0.5, 0.6) is 0 Å². The molecule has 0 unspecified atom stereocenters. The van der Waals surface area contributed by atoms with E-state index < -0.39 is 6.04 Å². The number of halogens is 1. The van der Waals surface area contributed by atoms with Crippen molar-refractivity contribution in [2.75, 3.05) is 0 Å². The van der Waals surface area contributed by atoms with E-state index in [4.69, 9.17) is 11.6 Å². The molecule has 27 heavy (non-hydrogen) atoms. The van der Waals surface area contributed by atoms with Gasteiger partial charge in [-0.05, 0) is 48.4 Å². The standard InChI is InChI=1S/C22H25ClN2O2/c1-14(2)20(25-21(26)17-11-5-6-12-18(17)23)22(27)24-19-13-7-9-15-8-3-4-10-16(15)19/h3-6,8,10-12,14,19-20H,7,9,13H2,1-2H3,(H,24,27)(H,25,26)/t19-,20+/m1/s1. The molecule has 4 nitrogen and oxygen atoms in total. The smallest absolute Gasteiger partial charge is 0.253 e. The second-order valence-corrected chi connectivity index (χ2v) is 7.73. The van der Waals surface area contributed by atoms with Crippen molar-refractivity contribution < 1.29 is 9.59 Å². The van der Waals surface area contributed by atoms with E-state index in [0.717, 1.165) is 19.3 Å². The van der Waals surface area contributed by atoms with Crippen molar-refractivity contribution in [3.63, 3.8) is 0 Å². The quantitative estimate of drug-likeness (QED) is 0.807. The lowest BCUT2D eigenvalue weighted by Crippen LogP contribution is -2.50. The first-order chi connectivity index (χ1) is 13.0.